The van der Waals surface area contributed by atoms with Crippen LogP contribution in [0.25, 0.3) is 33.0 Å². The van der Waals surface area contributed by atoms with E-state index in [0.717, 1.165) is 45.3 Å². The second kappa shape index (κ2) is 9.55. The molecule has 1 saturated heterocycles. The van der Waals surface area contributed by atoms with E-state index in [2.05, 4.69) is 23.1 Å². The molecule has 2 N–H and O–H groups in total. The molecule has 0 unspecified atom stereocenters. The molecule has 1 heterocycles. The topological polar surface area (TPSA) is 52.9 Å². The highest BCUT2D eigenvalue weighted by atomic mass is 16.5. The fourth-order valence-electron chi connectivity index (χ4n) is 4.65. The molecule has 1 fully saturated rings. The zero-order valence-corrected chi connectivity index (χ0v) is 18.7. The van der Waals surface area contributed by atoms with Gasteiger partial charge in [0.15, 0.2) is 0 Å². The molecule has 0 aromatic heterocycles. The Morgan fingerprint density at radius 3 is 2.27 bits per heavy atom. The van der Waals surface area contributed by atoms with E-state index in [1.807, 2.05) is 42.5 Å². The molecule has 4 aromatic rings. The molecule has 1 aliphatic heterocycles. The number of ether oxygens (including phenoxy) is 1. The van der Waals surface area contributed by atoms with E-state index in [1.165, 1.54) is 32.4 Å². The number of benzene rings is 4. The predicted molar refractivity (Wildman–Crippen MR) is 134 cm³/mol. The molecule has 0 saturated carbocycles. The number of nitrogens with zero attached hydrogens (tertiary/aromatic N) is 1. The first-order chi connectivity index (χ1) is 16.2. The molecule has 4 nitrogen and oxygen atoms in total. The number of rotatable bonds is 6. The quantitative estimate of drug-likeness (QED) is 0.362. The maximum atomic E-state index is 10.2. The average Bonchev–Trinajstić information content (AvgIpc) is 2.84. The first-order valence-electron chi connectivity index (χ1n) is 11.7. The van der Waals surface area contributed by atoms with Crippen molar-refractivity contribution in [2.75, 3.05) is 26.2 Å². The second-order valence-electron chi connectivity index (χ2n) is 8.75. The van der Waals surface area contributed by atoms with Gasteiger partial charge in [0.05, 0.1) is 0 Å². The van der Waals surface area contributed by atoms with E-state index in [-0.39, 0.29) is 11.5 Å². The summed E-state index contributed by atoms with van der Waals surface area (Å²) in [4.78, 5) is 2.47. The van der Waals surface area contributed by atoms with Crippen LogP contribution in [-0.4, -0.2) is 41.4 Å². The molecular formula is C29H29NO3. The molecule has 1 aliphatic rings. The van der Waals surface area contributed by atoms with Crippen LogP contribution in [0.15, 0.2) is 78.9 Å². The lowest BCUT2D eigenvalue weighted by Gasteiger charge is -2.26. The lowest BCUT2D eigenvalue weighted by atomic mass is 9.93. The molecule has 168 valence electrons. The Kier molecular flexibility index (Phi) is 6.18. The molecule has 0 bridgehead atoms. The largest absolute Gasteiger partial charge is 0.508 e. The van der Waals surface area contributed by atoms with E-state index < -0.39 is 0 Å². The second-order valence-corrected chi connectivity index (χ2v) is 8.75. The standard InChI is InChI=1S/C29H29NO3/c31-25-10-9-21-17-24(8-7-22(21)18-25)28-12-11-26(32)20-29(28)23-5-4-6-27(19-23)33-16-15-30-13-2-1-3-14-30/h4-12,17-20,31-32H,1-3,13-16H2. The smallest absolute Gasteiger partial charge is 0.119 e. The molecule has 0 radical (unpaired) electrons. The van der Waals surface area contributed by atoms with E-state index in [0.29, 0.717) is 6.61 Å². The van der Waals surface area contributed by atoms with Crippen molar-refractivity contribution in [1.29, 1.82) is 0 Å². The molecule has 0 amide bonds. The fraction of sp³-hybridized carbons (Fsp3) is 0.241. The Morgan fingerprint density at radius 1 is 0.667 bits per heavy atom. The summed E-state index contributed by atoms with van der Waals surface area (Å²) in [7, 11) is 0. The van der Waals surface area contributed by atoms with Gasteiger partial charge in [-0.25, -0.2) is 0 Å². The molecular weight excluding hydrogens is 410 g/mol. The third-order valence-electron chi connectivity index (χ3n) is 6.41. The Balaban J connectivity index is 1.42. The van der Waals surface area contributed by atoms with Gasteiger partial charge in [-0.3, -0.25) is 4.90 Å². The van der Waals surface area contributed by atoms with Crippen molar-refractivity contribution >= 4 is 10.8 Å². The summed E-state index contributed by atoms with van der Waals surface area (Å²) in [5.74, 6) is 1.33. The molecule has 0 atom stereocenters. The van der Waals surface area contributed by atoms with Gasteiger partial charge >= 0.3 is 0 Å². The zero-order valence-electron chi connectivity index (χ0n) is 18.7. The molecule has 4 aromatic carbocycles. The Hall–Kier alpha value is -3.50. The van der Waals surface area contributed by atoms with Gasteiger partial charge in [0.25, 0.3) is 0 Å². The van der Waals surface area contributed by atoms with E-state index in [9.17, 15) is 10.2 Å². The molecule has 33 heavy (non-hydrogen) atoms. The fourth-order valence-corrected chi connectivity index (χ4v) is 4.65. The lowest BCUT2D eigenvalue weighted by molar-refractivity contribution is 0.183. The summed E-state index contributed by atoms with van der Waals surface area (Å²) in [6, 6.07) is 25.1. The van der Waals surface area contributed by atoms with Gasteiger partial charge < -0.3 is 14.9 Å². The third-order valence-corrected chi connectivity index (χ3v) is 6.41. The predicted octanol–water partition coefficient (Wildman–Crippen LogP) is 6.45. The van der Waals surface area contributed by atoms with Crippen molar-refractivity contribution in [2.24, 2.45) is 0 Å². The highest BCUT2D eigenvalue weighted by molar-refractivity contribution is 5.92. The number of likely N-dealkylation sites (tertiary alicyclic amines) is 1. The lowest BCUT2D eigenvalue weighted by Crippen LogP contribution is -2.33. The van der Waals surface area contributed by atoms with Gasteiger partial charge in [0.2, 0.25) is 0 Å². The number of hydrogen-bond donors (Lipinski definition) is 2. The number of piperidine rings is 1. The van der Waals surface area contributed by atoms with Gasteiger partial charge in [0, 0.05) is 6.54 Å². The molecule has 5 rings (SSSR count). The maximum Gasteiger partial charge on any atom is 0.119 e. The van der Waals surface area contributed by atoms with Gasteiger partial charge in [-0.2, -0.15) is 0 Å². The molecule has 0 spiro atoms. The van der Waals surface area contributed by atoms with Crippen LogP contribution in [0.4, 0.5) is 0 Å². The first-order valence-corrected chi connectivity index (χ1v) is 11.7. The minimum absolute atomic E-state index is 0.232. The summed E-state index contributed by atoms with van der Waals surface area (Å²) >= 11 is 0. The average molecular weight is 440 g/mol. The van der Waals surface area contributed by atoms with Gasteiger partial charge in [-0.1, -0.05) is 42.8 Å². The first kappa shape index (κ1) is 21.4. The van der Waals surface area contributed by atoms with Crippen molar-refractivity contribution in [3.63, 3.8) is 0 Å². The van der Waals surface area contributed by atoms with Crippen molar-refractivity contribution in [3.05, 3.63) is 78.9 Å². The van der Waals surface area contributed by atoms with Gasteiger partial charge in [-0.05, 0) is 101 Å². The Labute approximate surface area is 194 Å². The van der Waals surface area contributed by atoms with Crippen LogP contribution in [-0.2, 0) is 0 Å². The van der Waals surface area contributed by atoms with Crippen molar-refractivity contribution in [3.8, 4) is 39.5 Å². The number of phenols is 2. The van der Waals surface area contributed by atoms with Gasteiger partial charge in [0.1, 0.15) is 23.9 Å². The maximum absolute atomic E-state index is 10.2. The van der Waals surface area contributed by atoms with Gasteiger partial charge in [-0.15, -0.1) is 0 Å². The number of phenolic OH excluding ortho intramolecular Hbond substituents is 2. The molecule has 4 heteroatoms. The Bertz CT molecular complexity index is 1260. The van der Waals surface area contributed by atoms with Crippen LogP contribution >= 0.6 is 0 Å². The van der Waals surface area contributed by atoms with Crippen molar-refractivity contribution in [1.82, 2.24) is 4.90 Å². The van der Waals surface area contributed by atoms with Crippen LogP contribution in [0.5, 0.6) is 17.2 Å². The SMILES string of the molecule is Oc1ccc(-c2ccc3cc(O)ccc3c2)c(-c2cccc(OCCN3CCCCC3)c2)c1. The highest BCUT2D eigenvalue weighted by Gasteiger charge is 2.12. The minimum Gasteiger partial charge on any atom is -0.508 e. The number of hydrogen-bond acceptors (Lipinski definition) is 4. The monoisotopic (exact) mass is 439 g/mol. The summed E-state index contributed by atoms with van der Waals surface area (Å²) < 4.78 is 6.09. The molecule has 0 aliphatic carbocycles. The summed E-state index contributed by atoms with van der Waals surface area (Å²) in [6.45, 7) is 3.96. The highest BCUT2D eigenvalue weighted by Crippen LogP contribution is 2.37. The normalized spacial score (nSPS) is 14.4. The Morgan fingerprint density at radius 2 is 1.39 bits per heavy atom. The van der Waals surface area contributed by atoms with E-state index in [1.54, 1.807) is 18.2 Å². The summed E-state index contributed by atoms with van der Waals surface area (Å²) in [5.41, 5.74) is 4.05. The summed E-state index contributed by atoms with van der Waals surface area (Å²) in [6.07, 6.45) is 3.91. The number of aromatic hydroxyl groups is 2. The minimum atomic E-state index is 0.232. The van der Waals surface area contributed by atoms with Crippen LogP contribution in [0, 0.1) is 0 Å². The van der Waals surface area contributed by atoms with Crippen molar-refractivity contribution in [2.45, 2.75) is 19.3 Å². The van der Waals surface area contributed by atoms with Crippen LogP contribution in [0.2, 0.25) is 0 Å². The zero-order chi connectivity index (χ0) is 22.6. The number of fused-ring (bicyclic) bond motifs is 1. The third kappa shape index (κ3) is 4.96. The van der Waals surface area contributed by atoms with Crippen LogP contribution in [0.3, 0.4) is 0 Å². The summed E-state index contributed by atoms with van der Waals surface area (Å²) in [5, 5.41) is 22.0. The van der Waals surface area contributed by atoms with Crippen molar-refractivity contribution < 1.29 is 14.9 Å². The van der Waals surface area contributed by atoms with Crippen LogP contribution < -0.4 is 4.74 Å². The van der Waals surface area contributed by atoms with E-state index in [4.69, 9.17) is 4.74 Å². The van der Waals surface area contributed by atoms with Crippen LogP contribution in [0.1, 0.15) is 19.3 Å². The van der Waals surface area contributed by atoms with E-state index >= 15 is 0 Å².